The highest BCUT2D eigenvalue weighted by molar-refractivity contribution is 5.78. The zero-order valence-electron chi connectivity index (χ0n) is 8.34. The zero-order chi connectivity index (χ0) is 9.56. The Morgan fingerprint density at radius 3 is 2.33 bits per heavy atom. The number of ketones is 1. The number of Topliss-reactive ketones (excluding diaryl/α,β-unsaturated/α-hetero) is 1. The Morgan fingerprint density at radius 1 is 1.33 bits per heavy atom. The van der Waals surface area contributed by atoms with Gasteiger partial charge < -0.3 is 5.11 Å². The zero-order valence-corrected chi connectivity index (χ0v) is 8.34. The summed E-state index contributed by atoms with van der Waals surface area (Å²) in [6.07, 6.45) is 2.53. The first-order valence-electron chi connectivity index (χ1n) is 4.72. The van der Waals surface area contributed by atoms with Crippen molar-refractivity contribution in [3.8, 4) is 0 Å². The maximum Gasteiger partial charge on any atom is 0.135 e. The molecule has 12 heavy (non-hydrogen) atoms. The van der Waals surface area contributed by atoms with Gasteiger partial charge in [0.15, 0.2) is 0 Å². The molecular weight excluding hydrogens is 152 g/mol. The van der Waals surface area contributed by atoms with Crippen LogP contribution < -0.4 is 0 Å². The summed E-state index contributed by atoms with van der Waals surface area (Å²) in [5.74, 6) is 0.856. The number of hydrogen-bond donors (Lipinski definition) is 1. The van der Waals surface area contributed by atoms with Crippen LogP contribution in [0.25, 0.3) is 0 Å². The first-order valence-corrected chi connectivity index (χ1v) is 4.72. The number of aliphatic hydroxyl groups is 1. The molecule has 0 unspecified atom stereocenters. The predicted molar refractivity (Wildman–Crippen MR) is 50.0 cm³/mol. The van der Waals surface area contributed by atoms with E-state index in [2.05, 4.69) is 13.8 Å². The van der Waals surface area contributed by atoms with Gasteiger partial charge in [-0.05, 0) is 19.3 Å². The lowest BCUT2D eigenvalue weighted by molar-refractivity contribution is -0.120. The van der Waals surface area contributed by atoms with Gasteiger partial charge in [0.2, 0.25) is 0 Å². The number of carbonyl (C=O) groups excluding carboxylic acids is 1. The lowest BCUT2D eigenvalue weighted by atomic mass is 10.0. The molecular formula is C10H20O2. The van der Waals surface area contributed by atoms with E-state index in [0.717, 1.165) is 12.8 Å². The van der Waals surface area contributed by atoms with E-state index in [4.69, 9.17) is 5.11 Å². The van der Waals surface area contributed by atoms with Gasteiger partial charge in [0.25, 0.3) is 0 Å². The summed E-state index contributed by atoms with van der Waals surface area (Å²) in [6, 6.07) is 0. The van der Waals surface area contributed by atoms with Crippen LogP contribution in [-0.2, 0) is 4.79 Å². The first kappa shape index (κ1) is 11.6. The van der Waals surface area contributed by atoms with Gasteiger partial charge in [0, 0.05) is 12.8 Å². The molecule has 1 atom stereocenters. The molecule has 72 valence electrons. The lowest BCUT2D eigenvalue weighted by Crippen LogP contribution is -2.09. The second kappa shape index (κ2) is 6.18. The topological polar surface area (TPSA) is 37.3 Å². The lowest BCUT2D eigenvalue weighted by Gasteiger charge is -2.04. The molecule has 0 aliphatic carbocycles. The molecule has 0 aliphatic rings. The first-order chi connectivity index (χ1) is 5.52. The van der Waals surface area contributed by atoms with Gasteiger partial charge in [-0.3, -0.25) is 4.79 Å². The van der Waals surface area contributed by atoms with Crippen molar-refractivity contribution in [1.29, 1.82) is 0 Å². The summed E-state index contributed by atoms with van der Waals surface area (Å²) in [5, 5.41) is 8.91. The smallest absolute Gasteiger partial charge is 0.135 e. The molecule has 0 spiro atoms. The summed E-state index contributed by atoms with van der Waals surface area (Å²) in [4.78, 5) is 11.1. The molecule has 0 bridgehead atoms. The predicted octanol–water partition coefficient (Wildman–Crippen LogP) is 2.15. The molecule has 0 aromatic rings. The van der Waals surface area contributed by atoms with Gasteiger partial charge in [-0.2, -0.15) is 0 Å². The van der Waals surface area contributed by atoms with Crippen LogP contribution in [0.5, 0.6) is 0 Å². The van der Waals surface area contributed by atoms with Crippen LogP contribution in [0.4, 0.5) is 0 Å². The molecule has 0 radical (unpaired) electrons. The molecule has 0 rings (SSSR count). The standard InChI is InChI=1S/C10H20O2/c1-8(2)5-4-6-10(12)7-9(3)11/h8-9,11H,4-7H2,1-3H3/t9-/m1/s1. The second-order valence-corrected chi connectivity index (χ2v) is 3.88. The van der Waals surface area contributed by atoms with Gasteiger partial charge in [0.1, 0.15) is 5.78 Å². The van der Waals surface area contributed by atoms with Gasteiger partial charge in [-0.15, -0.1) is 0 Å². The van der Waals surface area contributed by atoms with E-state index in [-0.39, 0.29) is 5.78 Å². The van der Waals surface area contributed by atoms with Crippen molar-refractivity contribution in [2.24, 2.45) is 5.92 Å². The Kier molecular flexibility index (Phi) is 5.99. The maximum absolute atomic E-state index is 11.1. The minimum atomic E-state index is -0.475. The average molecular weight is 172 g/mol. The summed E-state index contributed by atoms with van der Waals surface area (Å²) < 4.78 is 0. The Bertz CT molecular complexity index is 128. The van der Waals surface area contributed by atoms with Crippen LogP contribution in [0.2, 0.25) is 0 Å². The fourth-order valence-electron chi connectivity index (χ4n) is 1.14. The van der Waals surface area contributed by atoms with E-state index in [1.54, 1.807) is 6.92 Å². The molecule has 0 aliphatic heterocycles. The van der Waals surface area contributed by atoms with Crippen molar-refractivity contribution in [2.75, 3.05) is 0 Å². The van der Waals surface area contributed by atoms with Crippen LogP contribution in [-0.4, -0.2) is 17.0 Å². The van der Waals surface area contributed by atoms with Crippen molar-refractivity contribution in [1.82, 2.24) is 0 Å². The number of aliphatic hydroxyl groups excluding tert-OH is 1. The van der Waals surface area contributed by atoms with Crippen molar-refractivity contribution in [3.63, 3.8) is 0 Å². The average Bonchev–Trinajstić information content (AvgIpc) is 1.84. The van der Waals surface area contributed by atoms with Crippen molar-refractivity contribution in [2.45, 2.75) is 52.6 Å². The third-order valence-corrected chi connectivity index (χ3v) is 1.76. The molecule has 2 heteroatoms. The molecule has 1 N–H and O–H groups in total. The highest BCUT2D eigenvalue weighted by Crippen LogP contribution is 2.08. The van der Waals surface area contributed by atoms with Crippen molar-refractivity contribution >= 4 is 5.78 Å². The van der Waals surface area contributed by atoms with E-state index in [1.807, 2.05) is 0 Å². The Balaban J connectivity index is 3.32. The molecule has 0 heterocycles. The highest BCUT2D eigenvalue weighted by Gasteiger charge is 2.05. The monoisotopic (exact) mass is 172 g/mol. The molecule has 0 saturated carbocycles. The molecule has 0 amide bonds. The second-order valence-electron chi connectivity index (χ2n) is 3.88. The van der Waals surface area contributed by atoms with E-state index in [9.17, 15) is 4.79 Å². The summed E-state index contributed by atoms with van der Waals surface area (Å²) in [7, 11) is 0. The Hall–Kier alpha value is -0.370. The maximum atomic E-state index is 11.1. The van der Waals surface area contributed by atoms with E-state index in [0.29, 0.717) is 18.8 Å². The van der Waals surface area contributed by atoms with Crippen LogP contribution >= 0.6 is 0 Å². The van der Waals surface area contributed by atoms with Crippen molar-refractivity contribution in [3.05, 3.63) is 0 Å². The van der Waals surface area contributed by atoms with Crippen LogP contribution in [0.15, 0.2) is 0 Å². The van der Waals surface area contributed by atoms with Crippen LogP contribution in [0, 0.1) is 5.92 Å². The van der Waals surface area contributed by atoms with E-state index < -0.39 is 6.10 Å². The van der Waals surface area contributed by atoms with Crippen LogP contribution in [0.1, 0.15) is 46.5 Å². The van der Waals surface area contributed by atoms with Gasteiger partial charge >= 0.3 is 0 Å². The number of rotatable bonds is 6. The SMILES string of the molecule is CC(C)CCCC(=O)C[C@@H](C)O. The number of hydrogen-bond acceptors (Lipinski definition) is 2. The summed E-state index contributed by atoms with van der Waals surface area (Å²) in [5.41, 5.74) is 0. The van der Waals surface area contributed by atoms with Gasteiger partial charge in [-0.25, -0.2) is 0 Å². The molecule has 2 nitrogen and oxygen atoms in total. The fraction of sp³-hybridized carbons (Fsp3) is 0.900. The molecule has 0 saturated heterocycles. The minimum Gasteiger partial charge on any atom is -0.393 e. The van der Waals surface area contributed by atoms with Gasteiger partial charge in [-0.1, -0.05) is 20.3 Å². The normalized spacial score (nSPS) is 13.4. The molecule has 0 fully saturated rings. The highest BCUT2D eigenvalue weighted by atomic mass is 16.3. The van der Waals surface area contributed by atoms with E-state index in [1.165, 1.54) is 0 Å². The fourth-order valence-corrected chi connectivity index (χ4v) is 1.14. The van der Waals surface area contributed by atoms with Crippen molar-refractivity contribution < 1.29 is 9.90 Å². The van der Waals surface area contributed by atoms with E-state index >= 15 is 0 Å². The third-order valence-electron chi connectivity index (χ3n) is 1.76. The Labute approximate surface area is 75.0 Å². The largest absolute Gasteiger partial charge is 0.393 e. The Morgan fingerprint density at radius 2 is 1.92 bits per heavy atom. The quantitative estimate of drug-likeness (QED) is 0.666. The summed E-state index contributed by atoms with van der Waals surface area (Å²) >= 11 is 0. The van der Waals surface area contributed by atoms with Gasteiger partial charge in [0.05, 0.1) is 6.10 Å². The molecule has 0 aromatic carbocycles. The summed E-state index contributed by atoms with van der Waals surface area (Å²) in [6.45, 7) is 5.96. The van der Waals surface area contributed by atoms with Crippen LogP contribution in [0.3, 0.4) is 0 Å². The third kappa shape index (κ3) is 7.73. The number of carbonyl (C=O) groups is 1. The molecule has 0 aromatic heterocycles. The minimum absolute atomic E-state index is 0.186.